The highest BCUT2D eigenvalue weighted by atomic mass is 16.2. The summed E-state index contributed by atoms with van der Waals surface area (Å²) in [5, 5.41) is 5.96. The molecule has 2 atom stereocenters. The Morgan fingerprint density at radius 2 is 1.92 bits per heavy atom. The first-order chi connectivity index (χ1) is 12.5. The summed E-state index contributed by atoms with van der Waals surface area (Å²) in [5.41, 5.74) is 7.36. The molecule has 0 radical (unpaired) electrons. The van der Waals surface area contributed by atoms with Gasteiger partial charge < -0.3 is 16.4 Å². The van der Waals surface area contributed by atoms with Crippen molar-refractivity contribution in [2.24, 2.45) is 5.92 Å². The van der Waals surface area contributed by atoms with Crippen LogP contribution in [0.15, 0.2) is 18.2 Å². The van der Waals surface area contributed by atoms with Crippen LogP contribution in [0.2, 0.25) is 0 Å². The van der Waals surface area contributed by atoms with E-state index >= 15 is 0 Å². The molecule has 1 aliphatic carbocycles. The number of rotatable bonds is 10. The van der Waals surface area contributed by atoms with Gasteiger partial charge in [-0.2, -0.15) is 0 Å². The number of hydrogen-bond donors (Lipinski definition) is 3. The van der Waals surface area contributed by atoms with Crippen LogP contribution < -0.4 is 16.4 Å². The summed E-state index contributed by atoms with van der Waals surface area (Å²) < 4.78 is 0. The molecule has 0 heterocycles. The van der Waals surface area contributed by atoms with Crippen molar-refractivity contribution in [1.82, 2.24) is 5.32 Å². The van der Waals surface area contributed by atoms with Gasteiger partial charge in [-0.05, 0) is 67.7 Å². The number of benzene rings is 1. The van der Waals surface area contributed by atoms with Crippen molar-refractivity contribution in [3.8, 4) is 0 Å². The van der Waals surface area contributed by atoms with E-state index in [1.807, 2.05) is 19.9 Å². The average molecular weight is 361 g/mol. The first-order valence-electron chi connectivity index (χ1n) is 10.1. The molecule has 1 aromatic rings. The van der Waals surface area contributed by atoms with Gasteiger partial charge in [-0.25, -0.2) is 0 Å². The highest BCUT2D eigenvalue weighted by Gasteiger charge is 2.26. The number of carbonyl (C=O) groups is 2. The smallest absolute Gasteiger partial charge is 0.247 e. The van der Waals surface area contributed by atoms with Gasteiger partial charge in [-0.15, -0.1) is 0 Å². The molecule has 1 aliphatic rings. The van der Waals surface area contributed by atoms with Gasteiger partial charge in [0.05, 0.1) is 6.54 Å². The molecule has 0 spiro atoms. The van der Waals surface area contributed by atoms with E-state index in [0.717, 1.165) is 50.8 Å². The fraction of sp³-hybridized carbons (Fsp3) is 0.619. The normalized spacial score (nSPS) is 15.2. The Morgan fingerprint density at radius 3 is 2.65 bits per heavy atom. The van der Waals surface area contributed by atoms with E-state index in [4.69, 9.17) is 0 Å². The number of amides is 2. The lowest BCUT2D eigenvalue weighted by Crippen LogP contribution is -2.50. The summed E-state index contributed by atoms with van der Waals surface area (Å²) in [6.45, 7) is 4.96. The van der Waals surface area contributed by atoms with Crippen molar-refractivity contribution in [1.29, 1.82) is 0 Å². The Morgan fingerprint density at radius 1 is 1.15 bits per heavy atom. The molecule has 1 aromatic carbocycles. The van der Waals surface area contributed by atoms with E-state index in [0.29, 0.717) is 6.42 Å². The lowest BCUT2D eigenvalue weighted by Gasteiger charge is -2.23. The molecule has 0 saturated heterocycles. The molecule has 5 heteroatoms. The number of nitrogens with one attached hydrogen (secondary N) is 2. The molecule has 0 aromatic heterocycles. The average Bonchev–Trinajstić information content (AvgIpc) is 3.10. The van der Waals surface area contributed by atoms with Crippen LogP contribution in [-0.2, 0) is 22.4 Å². The Hall–Kier alpha value is -1.88. The number of hydrogen-bond acceptors (Lipinski definition) is 2. The summed E-state index contributed by atoms with van der Waals surface area (Å²) in [6, 6.07) is 5.66. The topological polar surface area (TPSA) is 85.8 Å². The molecule has 5 N–H and O–H groups in total. The molecule has 144 valence electrons. The molecule has 0 unspecified atom stereocenters. The maximum atomic E-state index is 12.8. The first-order valence-corrected chi connectivity index (χ1v) is 10.1. The molecule has 0 aliphatic heterocycles. The van der Waals surface area contributed by atoms with Crippen LogP contribution in [0.1, 0.15) is 63.5 Å². The highest BCUT2D eigenvalue weighted by Crippen LogP contribution is 2.25. The second kappa shape index (κ2) is 10.3. The van der Waals surface area contributed by atoms with Gasteiger partial charge in [-0.3, -0.25) is 9.59 Å². The van der Waals surface area contributed by atoms with Crippen LogP contribution in [0.5, 0.6) is 0 Å². The van der Waals surface area contributed by atoms with Gasteiger partial charge in [0.1, 0.15) is 6.04 Å². The Bertz CT molecular complexity index is 615. The van der Waals surface area contributed by atoms with Gasteiger partial charge in [0, 0.05) is 12.1 Å². The molecule has 26 heavy (non-hydrogen) atoms. The monoisotopic (exact) mass is 360 g/mol. The minimum Gasteiger partial charge on any atom is -0.358 e. The van der Waals surface area contributed by atoms with Gasteiger partial charge in [0.2, 0.25) is 11.8 Å². The Labute approximate surface area is 157 Å². The van der Waals surface area contributed by atoms with E-state index in [9.17, 15) is 9.59 Å². The van der Waals surface area contributed by atoms with Crippen molar-refractivity contribution in [3.63, 3.8) is 0 Å². The third-order valence-electron chi connectivity index (χ3n) is 5.33. The van der Waals surface area contributed by atoms with Crippen LogP contribution in [0.4, 0.5) is 5.69 Å². The zero-order valence-electron chi connectivity index (χ0n) is 16.3. The molecule has 2 rings (SSSR count). The second-order valence-electron chi connectivity index (χ2n) is 7.42. The predicted octanol–water partition coefficient (Wildman–Crippen LogP) is 2.45. The maximum Gasteiger partial charge on any atom is 0.247 e. The fourth-order valence-corrected chi connectivity index (χ4v) is 3.46. The lowest BCUT2D eigenvalue weighted by atomic mass is 9.97. The van der Waals surface area contributed by atoms with Crippen molar-refractivity contribution in [2.75, 3.05) is 11.9 Å². The van der Waals surface area contributed by atoms with E-state index in [2.05, 4.69) is 28.5 Å². The predicted molar refractivity (Wildman–Crippen MR) is 105 cm³/mol. The summed E-state index contributed by atoms with van der Waals surface area (Å²) in [5.74, 6) is -0.0694. The fourth-order valence-electron chi connectivity index (χ4n) is 3.46. The lowest BCUT2D eigenvalue weighted by molar-refractivity contribution is -0.368. The summed E-state index contributed by atoms with van der Waals surface area (Å²) >= 11 is 0. The minimum atomic E-state index is -0.492. The zero-order chi connectivity index (χ0) is 18.9. The number of aryl methyl sites for hydroxylation is 2. The van der Waals surface area contributed by atoms with Crippen LogP contribution in [-0.4, -0.2) is 24.4 Å². The number of quaternary nitrogens is 1. The first kappa shape index (κ1) is 20.4. The van der Waals surface area contributed by atoms with E-state index in [1.165, 1.54) is 17.5 Å². The van der Waals surface area contributed by atoms with Crippen LogP contribution in [0.3, 0.4) is 0 Å². The third kappa shape index (κ3) is 5.84. The van der Waals surface area contributed by atoms with Gasteiger partial charge in [0.25, 0.3) is 0 Å². The number of anilines is 1. The summed E-state index contributed by atoms with van der Waals surface area (Å²) in [6.07, 6.45) is 7.60. The van der Waals surface area contributed by atoms with E-state index < -0.39 is 6.04 Å². The third-order valence-corrected chi connectivity index (χ3v) is 5.33. The molecular weight excluding hydrogens is 326 g/mol. The van der Waals surface area contributed by atoms with E-state index in [-0.39, 0.29) is 17.7 Å². The molecule has 0 fully saturated rings. The Kier molecular flexibility index (Phi) is 8.10. The quantitative estimate of drug-likeness (QED) is 0.560. The number of fused-ring (bicyclic) bond motifs is 1. The molecule has 2 amide bonds. The largest absolute Gasteiger partial charge is 0.358 e. The van der Waals surface area contributed by atoms with Crippen molar-refractivity contribution in [3.05, 3.63) is 29.3 Å². The van der Waals surface area contributed by atoms with Crippen LogP contribution in [0.25, 0.3) is 0 Å². The maximum absolute atomic E-state index is 12.8. The molecule has 0 saturated carbocycles. The number of unbranched alkanes of at least 4 members (excludes halogenated alkanes) is 2. The second-order valence-corrected chi connectivity index (χ2v) is 7.42. The van der Waals surface area contributed by atoms with Crippen molar-refractivity contribution in [2.45, 2.75) is 71.3 Å². The molecule has 0 bridgehead atoms. The van der Waals surface area contributed by atoms with Crippen molar-refractivity contribution >= 4 is 17.5 Å². The SMILES string of the molecule is CC[C@@H](C)[C@@H](NC(=O)CCCCC[NH3+])C(=O)Nc1ccc2c(c1)CCC2. The van der Waals surface area contributed by atoms with Crippen molar-refractivity contribution < 1.29 is 15.3 Å². The van der Waals surface area contributed by atoms with Gasteiger partial charge >= 0.3 is 0 Å². The Balaban J connectivity index is 1.94. The number of carbonyl (C=O) groups excluding carboxylic acids is 2. The highest BCUT2D eigenvalue weighted by molar-refractivity contribution is 5.97. The summed E-state index contributed by atoms with van der Waals surface area (Å²) in [4.78, 5) is 25.0. The van der Waals surface area contributed by atoms with Gasteiger partial charge in [0.15, 0.2) is 0 Å². The zero-order valence-corrected chi connectivity index (χ0v) is 16.3. The van der Waals surface area contributed by atoms with Crippen LogP contribution in [0, 0.1) is 5.92 Å². The van der Waals surface area contributed by atoms with Crippen LogP contribution >= 0.6 is 0 Å². The van der Waals surface area contributed by atoms with E-state index in [1.54, 1.807) is 0 Å². The molecule has 5 nitrogen and oxygen atoms in total. The molecular formula is C21H34N3O2+. The van der Waals surface area contributed by atoms with Gasteiger partial charge in [-0.1, -0.05) is 26.3 Å². The summed E-state index contributed by atoms with van der Waals surface area (Å²) in [7, 11) is 0. The minimum absolute atomic E-state index is 0.0385. The standard InChI is InChI=1S/C21H33N3O2/c1-3-15(2)20(24-19(25)10-5-4-6-13-22)21(26)23-18-12-11-16-8-7-9-17(16)14-18/h11-12,14-15,20H,3-10,13,22H2,1-2H3,(H,23,26)(H,24,25)/p+1/t15-,20-/m1/s1.